The second kappa shape index (κ2) is 48.2. The first kappa shape index (κ1) is 64.9. The summed E-state index contributed by atoms with van der Waals surface area (Å²) >= 11 is 0. The van der Waals surface area contributed by atoms with E-state index in [0.29, 0.717) is 25.9 Å². The van der Waals surface area contributed by atoms with Crippen molar-refractivity contribution in [3.63, 3.8) is 0 Å². The zero-order valence-electron chi connectivity index (χ0n) is 44.3. The number of amides is 1. The Balaban J connectivity index is 2.07. The first-order valence-electron chi connectivity index (χ1n) is 28.8. The quantitative estimate of drug-likeness (QED) is 0.0196. The van der Waals surface area contributed by atoms with E-state index in [4.69, 9.17) is 14.2 Å². The second-order valence-corrected chi connectivity index (χ2v) is 20.0. The Bertz CT molecular complexity index is 1240. The third-order valence-corrected chi connectivity index (χ3v) is 13.5. The molecule has 0 aromatic rings. The Hall–Kier alpha value is -2.12. The van der Waals surface area contributed by atoms with Gasteiger partial charge in [0.25, 0.3) is 0 Å². The van der Waals surface area contributed by atoms with Crippen LogP contribution in [0.2, 0.25) is 0 Å². The summed E-state index contributed by atoms with van der Waals surface area (Å²) in [4.78, 5) is 25.1. The second-order valence-electron chi connectivity index (χ2n) is 20.0. The van der Waals surface area contributed by atoms with Crippen molar-refractivity contribution in [3.8, 4) is 0 Å². The number of carbonyl (C=O) groups excluding carboxylic acids is 2. The molecule has 0 aliphatic carbocycles. The molecule has 0 aromatic carbocycles. The summed E-state index contributed by atoms with van der Waals surface area (Å²) in [6.45, 7) is 4.24. The molecule has 7 atom stereocenters. The molecular formula is C58H107NO10. The van der Waals surface area contributed by atoms with Crippen molar-refractivity contribution in [1.29, 1.82) is 0 Å². The van der Waals surface area contributed by atoms with Crippen LogP contribution in [0.4, 0.5) is 0 Å². The van der Waals surface area contributed by atoms with Crippen molar-refractivity contribution in [2.45, 2.75) is 301 Å². The third kappa shape index (κ3) is 38.2. The molecule has 1 saturated heterocycles. The maximum Gasteiger partial charge on any atom is 0.305 e. The Morgan fingerprint density at radius 2 is 0.928 bits per heavy atom. The molecule has 404 valence electrons. The highest BCUT2D eigenvalue weighted by molar-refractivity contribution is 5.76. The number of rotatable bonds is 49. The molecule has 0 radical (unpaired) electrons. The molecular weight excluding hydrogens is 871 g/mol. The van der Waals surface area contributed by atoms with Crippen molar-refractivity contribution in [2.75, 3.05) is 19.8 Å². The van der Waals surface area contributed by atoms with Crippen molar-refractivity contribution < 1.29 is 49.3 Å². The van der Waals surface area contributed by atoms with Crippen LogP contribution in [0.15, 0.2) is 36.5 Å². The van der Waals surface area contributed by atoms with Crippen molar-refractivity contribution in [1.82, 2.24) is 5.32 Å². The molecule has 1 aliphatic rings. The maximum absolute atomic E-state index is 13.0. The average Bonchev–Trinajstić information content (AvgIpc) is 3.34. The number of hydrogen-bond acceptors (Lipinski definition) is 10. The van der Waals surface area contributed by atoms with Gasteiger partial charge in [-0.15, -0.1) is 0 Å². The maximum atomic E-state index is 13.0. The summed E-state index contributed by atoms with van der Waals surface area (Å²) in [5, 5.41) is 54.1. The third-order valence-electron chi connectivity index (χ3n) is 13.5. The Kier molecular flexibility index (Phi) is 45.3. The molecule has 0 bridgehead atoms. The van der Waals surface area contributed by atoms with Crippen LogP contribution in [-0.4, -0.2) is 100 Å². The number of unbranched alkanes of at least 4 members (excludes halogenated alkanes) is 31. The number of ether oxygens (including phenoxy) is 3. The number of esters is 1. The van der Waals surface area contributed by atoms with Crippen molar-refractivity contribution in [3.05, 3.63) is 36.5 Å². The SMILES string of the molecule is CCCCCCCC/C=C\CCCCCCCCCCCC(=O)OCCCCCCCC/C=C\CCCCCC(=O)NC(COC1OC(CO)C(O)C(O)C1O)C(O)/C=C/CCCCCCCCC. The monoisotopic (exact) mass is 978 g/mol. The number of aliphatic hydroxyl groups is 5. The standard InChI is InChI=1S/C58H107NO10/c1-3-5-7-9-11-13-14-15-16-17-18-19-20-23-26-30-34-38-42-46-54(63)67-47-43-39-35-31-27-24-21-22-25-29-33-37-41-45-53(62)59-50(51(61)44-40-36-32-28-12-10-8-6-4-2)49-68-58-57(66)56(65)55(64)52(48-60)69-58/h15-16,22,25,40,44,50-52,55-58,60-61,64-66H,3-14,17-21,23-24,26-39,41-43,45-49H2,1-2H3,(H,59,62)/b16-15-,25-22-,44-40+. The smallest absolute Gasteiger partial charge is 0.305 e. The molecule has 1 fully saturated rings. The Morgan fingerprint density at radius 1 is 0.522 bits per heavy atom. The summed E-state index contributed by atoms with van der Waals surface area (Å²) < 4.78 is 16.7. The molecule has 0 saturated carbocycles. The highest BCUT2D eigenvalue weighted by atomic mass is 16.7. The molecule has 69 heavy (non-hydrogen) atoms. The van der Waals surface area contributed by atoms with Gasteiger partial charge in [-0.3, -0.25) is 9.59 Å². The lowest BCUT2D eigenvalue weighted by Crippen LogP contribution is -2.60. The van der Waals surface area contributed by atoms with Crippen LogP contribution >= 0.6 is 0 Å². The van der Waals surface area contributed by atoms with E-state index in [2.05, 4.69) is 43.5 Å². The van der Waals surface area contributed by atoms with Gasteiger partial charge in [-0.05, 0) is 83.5 Å². The zero-order valence-corrected chi connectivity index (χ0v) is 44.3. The molecule has 7 unspecified atom stereocenters. The van der Waals surface area contributed by atoms with E-state index in [0.717, 1.165) is 70.6 Å². The van der Waals surface area contributed by atoms with E-state index in [1.807, 2.05) is 6.08 Å². The van der Waals surface area contributed by atoms with Gasteiger partial charge in [0.05, 0.1) is 32.0 Å². The van der Waals surface area contributed by atoms with Crippen LogP contribution < -0.4 is 5.32 Å². The molecule has 1 aliphatic heterocycles. The Labute approximate surface area is 422 Å². The molecule has 6 N–H and O–H groups in total. The predicted octanol–water partition coefficient (Wildman–Crippen LogP) is 12.7. The van der Waals surface area contributed by atoms with Gasteiger partial charge in [-0.2, -0.15) is 0 Å². The fourth-order valence-corrected chi connectivity index (χ4v) is 8.83. The summed E-state index contributed by atoms with van der Waals surface area (Å²) in [6.07, 6.45) is 48.2. The van der Waals surface area contributed by atoms with Crippen LogP contribution in [0, 0.1) is 0 Å². The van der Waals surface area contributed by atoms with Crippen LogP contribution in [0.25, 0.3) is 0 Å². The van der Waals surface area contributed by atoms with Gasteiger partial charge in [0.1, 0.15) is 24.4 Å². The van der Waals surface area contributed by atoms with Crippen molar-refractivity contribution >= 4 is 11.9 Å². The van der Waals surface area contributed by atoms with Crippen LogP contribution in [-0.2, 0) is 23.8 Å². The van der Waals surface area contributed by atoms with E-state index in [1.165, 1.54) is 154 Å². The minimum Gasteiger partial charge on any atom is -0.466 e. The number of aliphatic hydroxyl groups excluding tert-OH is 5. The molecule has 1 amide bonds. The normalized spacial score (nSPS) is 19.6. The number of nitrogens with one attached hydrogen (secondary N) is 1. The van der Waals surface area contributed by atoms with Gasteiger partial charge in [-0.25, -0.2) is 0 Å². The van der Waals surface area contributed by atoms with E-state index in [1.54, 1.807) is 6.08 Å². The molecule has 0 aromatic heterocycles. The Morgan fingerprint density at radius 3 is 1.41 bits per heavy atom. The highest BCUT2D eigenvalue weighted by Crippen LogP contribution is 2.23. The largest absolute Gasteiger partial charge is 0.466 e. The van der Waals surface area contributed by atoms with Gasteiger partial charge in [0.2, 0.25) is 5.91 Å². The highest BCUT2D eigenvalue weighted by Gasteiger charge is 2.44. The predicted molar refractivity (Wildman–Crippen MR) is 283 cm³/mol. The van der Waals surface area contributed by atoms with E-state index in [-0.39, 0.29) is 18.5 Å². The summed E-state index contributed by atoms with van der Waals surface area (Å²) in [5.74, 6) is -0.250. The van der Waals surface area contributed by atoms with Crippen LogP contribution in [0.1, 0.15) is 258 Å². The molecule has 11 heteroatoms. The molecule has 1 heterocycles. The lowest BCUT2D eigenvalue weighted by atomic mass is 9.99. The van der Waals surface area contributed by atoms with Gasteiger partial charge in [0.15, 0.2) is 6.29 Å². The number of hydrogen-bond donors (Lipinski definition) is 6. The van der Waals surface area contributed by atoms with Gasteiger partial charge < -0.3 is 45.1 Å². The number of carbonyl (C=O) groups is 2. The lowest BCUT2D eigenvalue weighted by molar-refractivity contribution is -0.302. The van der Waals surface area contributed by atoms with Gasteiger partial charge >= 0.3 is 5.97 Å². The van der Waals surface area contributed by atoms with Gasteiger partial charge in [-0.1, -0.05) is 198 Å². The van der Waals surface area contributed by atoms with Crippen LogP contribution in [0.3, 0.4) is 0 Å². The van der Waals surface area contributed by atoms with E-state index >= 15 is 0 Å². The summed E-state index contributed by atoms with van der Waals surface area (Å²) in [7, 11) is 0. The first-order chi connectivity index (χ1) is 33.7. The van der Waals surface area contributed by atoms with Crippen molar-refractivity contribution in [2.24, 2.45) is 0 Å². The molecule has 1 rings (SSSR count). The summed E-state index contributed by atoms with van der Waals surface area (Å²) in [5.41, 5.74) is 0. The molecule has 0 spiro atoms. The summed E-state index contributed by atoms with van der Waals surface area (Å²) in [6, 6.07) is -0.829. The van der Waals surface area contributed by atoms with E-state index in [9.17, 15) is 35.1 Å². The van der Waals surface area contributed by atoms with Gasteiger partial charge in [0, 0.05) is 12.8 Å². The zero-order chi connectivity index (χ0) is 50.3. The molecule has 11 nitrogen and oxygen atoms in total. The fraction of sp³-hybridized carbons (Fsp3) is 0.862. The van der Waals surface area contributed by atoms with E-state index < -0.39 is 49.5 Å². The topological polar surface area (TPSA) is 175 Å². The number of allylic oxidation sites excluding steroid dienone is 5. The average molecular weight is 978 g/mol. The fourth-order valence-electron chi connectivity index (χ4n) is 8.83. The minimum atomic E-state index is -1.58. The van der Waals surface area contributed by atoms with Crippen LogP contribution in [0.5, 0.6) is 0 Å². The minimum absolute atomic E-state index is 0.0359. The lowest BCUT2D eigenvalue weighted by Gasteiger charge is -2.40. The first-order valence-corrected chi connectivity index (χ1v) is 28.8.